The summed E-state index contributed by atoms with van der Waals surface area (Å²) in [5.74, 6) is 1.17. The number of rotatable bonds is 6. The highest BCUT2D eigenvalue weighted by Gasteiger charge is 2.02. The van der Waals surface area contributed by atoms with Crippen LogP contribution < -0.4 is 5.32 Å². The lowest BCUT2D eigenvalue weighted by Gasteiger charge is -2.08. The van der Waals surface area contributed by atoms with Gasteiger partial charge in [0.05, 0.1) is 13.6 Å². The molecule has 1 heterocycles. The van der Waals surface area contributed by atoms with E-state index in [0.29, 0.717) is 18.3 Å². The van der Waals surface area contributed by atoms with Crippen LogP contribution in [0, 0.1) is 5.92 Å². The molecule has 1 atom stereocenters. The number of nitrogens with one attached hydrogen (secondary N) is 1. The van der Waals surface area contributed by atoms with Gasteiger partial charge < -0.3 is 10.4 Å². The molecular formula is C8H17N5O. The Morgan fingerprint density at radius 2 is 2.36 bits per heavy atom. The average molecular weight is 199 g/mol. The molecule has 0 saturated carbocycles. The monoisotopic (exact) mass is 199 g/mol. The van der Waals surface area contributed by atoms with Gasteiger partial charge in [-0.05, 0) is 24.1 Å². The maximum absolute atomic E-state index is 8.69. The fraction of sp³-hybridized carbons (Fsp3) is 0.875. The Morgan fingerprint density at radius 3 is 2.93 bits per heavy atom. The van der Waals surface area contributed by atoms with Gasteiger partial charge in [-0.25, -0.2) is 0 Å². The van der Waals surface area contributed by atoms with Gasteiger partial charge in [0.15, 0.2) is 5.82 Å². The summed E-state index contributed by atoms with van der Waals surface area (Å²) in [7, 11) is 1.74. The number of aryl methyl sites for hydroxylation is 1. The van der Waals surface area contributed by atoms with Gasteiger partial charge in [-0.2, -0.15) is 4.80 Å². The molecule has 80 valence electrons. The zero-order valence-electron chi connectivity index (χ0n) is 8.64. The first-order valence-electron chi connectivity index (χ1n) is 4.77. The van der Waals surface area contributed by atoms with Crippen molar-refractivity contribution in [2.45, 2.75) is 19.9 Å². The molecule has 6 nitrogen and oxygen atoms in total. The van der Waals surface area contributed by atoms with Gasteiger partial charge in [0.2, 0.25) is 0 Å². The van der Waals surface area contributed by atoms with E-state index in [-0.39, 0.29) is 6.61 Å². The molecular weight excluding hydrogens is 182 g/mol. The van der Waals surface area contributed by atoms with Crippen LogP contribution in [0.25, 0.3) is 0 Å². The number of aliphatic hydroxyl groups is 1. The number of hydrogen-bond donors (Lipinski definition) is 2. The molecule has 14 heavy (non-hydrogen) atoms. The first-order chi connectivity index (χ1) is 6.72. The summed E-state index contributed by atoms with van der Waals surface area (Å²) < 4.78 is 0. The van der Waals surface area contributed by atoms with Crippen LogP contribution in [-0.4, -0.2) is 38.5 Å². The summed E-state index contributed by atoms with van der Waals surface area (Å²) in [5, 5.41) is 23.5. The van der Waals surface area contributed by atoms with Crippen molar-refractivity contribution in [1.82, 2.24) is 25.5 Å². The van der Waals surface area contributed by atoms with Crippen molar-refractivity contribution in [3.63, 3.8) is 0 Å². The van der Waals surface area contributed by atoms with Crippen molar-refractivity contribution in [2.24, 2.45) is 13.0 Å². The second kappa shape index (κ2) is 5.66. The Hall–Kier alpha value is -1.01. The first kappa shape index (κ1) is 11.1. The summed E-state index contributed by atoms with van der Waals surface area (Å²) in [4.78, 5) is 1.44. The Morgan fingerprint density at radius 1 is 1.57 bits per heavy atom. The highest BCUT2D eigenvalue weighted by molar-refractivity contribution is 4.75. The SMILES string of the molecule is CC(CCO)CNCc1nnn(C)n1. The first-order valence-corrected chi connectivity index (χ1v) is 4.77. The van der Waals surface area contributed by atoms with Crippen LogP contribution >= 0.6 is 0 Å². The number of hydrogen-bond acceptors (Lipinski definition) is 5. The number of nitrogens with zero attached hydrogens (tertiary/aromatic N) is 4. The molecule has 1 aromatic heterocycles. The maximum atomic E-state index is 8.69. The van der Waals surface area contributed by atoms with E-state index >= 15 is 0 Å². The average Bonchev–Trinajstić information content (AvgIpc) is 2.52. The molecule has 0 aliphatic carbocycles. The molecule has 0 radical (unpaired) electrons. The fourth-order valence-corrected chi connectivity index (χ4v) is 1.15. The summed E-state index contributed by atoms with van der Waals surface area (Å²) in [6, 6.07) is 0. The third-order valence-corrected chi connectivity index (χ3v) is 1.95. The van der Waals surface area contributed by atoms with E-state index in [1.165, 1.54) is 4.80 Å². The molecule has 0 aliphatic rings. The Balaban J connectivity index is 2.15. The van der Waals surface area contributed by atoms with Crippen molar-refractivity contribution in [3.8, 4) is 0 Å². The van der Waals surface area contributed by atoms with Crippen LogP contribution in [0.5, 0.6) is 0 Å². The second-order valence-corrected chi connectivity index (χ2v) is 3.44. The van der Waals surface area contributed by atoms with Crippen molar-refractivity contribution in [3.05, 3.63) is 5.82 Å². The van der Waals surface area contributed by atoms with Crippen LogP contribution in [0.15, 0.2) is 0 Å². The molecule has 2 N–H and O–H groups in total. The summed E-state index contributed by atoms with van der Waals surface area (Å²) in [6.45, 7) is 3.82. The summed E-state index contributed by atoms with van der Waals surface area (Å²) in [5.41, 5.74) is 0. The Kier molecular flexibility index (Phi) is 4.48. The Bertz CT molecular complexity index is 262. The smallest absolute Gasteiger partial charge is 0.188 e. The topological polar surface area (TPSA) is 75.9 Å². The van der Waals surface area contributed by atoms with Gasteiger partial charge in [-0.3, -0.25) is 0 Å². The van der Waals surface area contributed by atoms with Gasteiger partial charge in [0.1, 0.15) is 0 Å². The molecule has 0 bridgehead atoms. The molecule has 1 unspecified atom stereocenters. The van der Waals surface area contributed by atoms with Gasteiger partial charge in [0.25, 0.3) is 0 Å². The molecule has 0 fully saturated rings. The van der Waals surface area contributed by atoms with E-state index < -0.39 is 0 Å². The van der Waals surface area contributed by atoms with E-state index in [0.717, 1.165) is 13.0 Å². The minimum Gasteiger partial charge on any atom is -0.396 e. The van der Waals surface area contributed by atoms with Crippen molar-refractivity contribution < 1.29 is 5.11 Å². The van der Waals surface area contributed by atoms with Gasteiger partial charge in [0, 0.05) is 6.61 Å². The molecule has 0 aromatic carbocycles. The fourth-order valence-electron chi connectivity index (χ4n) is 1.15. The van der Waals surface area contributed by atoms with Crippen molar-refractivity contribution in [2.75, 3.05) is 13.2 Å². The van der Waals surface area contributed by atoms with Crippen LogP contribution in [0.3, 0.4) is 0 Å². The lowest BCUT2D eigenvalue weighted by Crippen LogP contribution is -2.22. The minimum absolute atomic E-state index is 0.242. The zero-order valence-corrected chi connectivity index (χ0v) is 8.64. The van der Waals surface area contributed by atoms with Gasteiger partial charge in [-0.15, -0.1) is 10.2 Å². The number of tetrazole rings is 1. The molecule has 6 heteroatoms. The summed E-state index contributed by atoms with van der Waals surface area (Å²) in [6.07, 6.45) is 0.820. The van der Waals surface area contributed by atoms with E-state index in [9.17, 15) is 0 Å². The lowest BCUT2D eigenvalue weighted by atomic mass is 10.1. The third-order valence-electron chi connectivity index (χ3n) is 1.95. The molecule has 0 saturated heterocycles. The van der Waals surface area contributed by atoms with Gasteiger partial charge in [-0.1, -0.05) is 6.92 Å². The minimum atomic E-state index is 0.242. The number of aromatic nitrogens is 4. The van der Waals surface area contributed by atoms with E-state index in [4.69, 9.17) is 5.11 Å². The molecule has 0 spiro atoms. The maximum Gasteiger partial charge on any atom is 0.188 e. The standard InChI is InChI=1S/C8H17N5O/c1-7(3-4-14)5-9-6-8-10-12-13(2)11-8/h7,9,14H,3-6H2,1-2H3. The summed E-state index contributed by atoms with van der Waals surface area (Å²) >= 11 is 0. The quantitative estimate of drug-likeness (QED) is 0.634. The molecule has 1 aromatic rings. The largest absolute Gasteiger partial charge is 0.396 e. The predicted octanol–water partition coefficient (Wildman–Crippen LogP) is -0.682. The normalized spacial score (nSPS) is 13.1. The van der Waals surface area contributed by atoms with E-state index in [2.05, 4.69) is 27.7 Å². The van der Waals surface area contributed by atoms with Crippen LogP contribution in [0.2, 0.25) is 0 Å². The molecule has 1 rings (SSSR count). The Labute approximate surface area is 83.3 Å². The second-order valence-electron chi connectivity index (χ2n) is 3.44. The van der Waals surface area contributed by atoms with Crippen molar-refractivity contribution in [1.29, 1.82) is 0 Å². The van der Waals surface area contributed by atoms with Gasteiger partial charge >= 0.3 is 0 Å². The highest BCUT2D eigenvalue weighted by atomic mass is 16.3. The van der Waals surface area contributed by atoms with Crippen molar-refractivity contribution >= 4 is 0 Å². The van der Waals surface area contributed by atoms with E-state index in [1.807, 2.05) is 0 Å². The lowest BCUT2D eigenvalue weighted by molar-refractivity contribution is 0.260. The van der Waals surface area contributed by atoms with E-state index in [1.54, 1.807) is 7.05 Å². The van der Waals surface area contributed by atoms with Crippen LogP contribution in [-0.2, 0) is 13.6 Å². The number of aliphatic hydroxyl groups excluding tert-OH is 1. The zero-order chi connectivity index (χ0) is 10.4. The van der Waals surface area contributed by atoms with Crippen LogP contribution in [0.1, 0.15) is 19.2 Å². The van der Waals surface area contributed by atoms with Crippen LogP contribution in [0.4, 0.5) is 0 Å². The molecule has 0 amide bonds. The third kappa shape index (κ3) is 3.80. The molecule has 0 aliphatic heterocycles. The highest BCUT2D eigenvalue weighted by Crippen LogP contribution is 1.98. The predicted molar refractivity (Wildman–Crippen MR) is 51.4 cm³/mol.